The molecule has 0 bridgehead atoms. The highest BCUT2D eigenvalue weighted by molar-refractivity contribution is 14.0. The first-order chi connectivity index (χ1) is 18.0. The molecule has 3 N–H and O–H groups in total. The van der Waals surface area contributed by atoms with Gasteiger partial charge in [-0.2, -0.15) is 0 Å². The normalized spacial score (nSPS) is 19.4. The summed E-state index contributed by atoms with van der Waals surface area (Å²) in [5.41, 5.74) is 2.57. The maximum atomic E-state index is 11.1. The zero-order valence-electron chi connectivity index (χ0n) is 24.9. The van der Waals surface area contributed by atoms with Gasteiger partial charge in [-0.25, -0.2) is 0 Å². The van der Waals surface area contributed by atoms with Crippen LogP contribution in [0.1, 0.15) is 100 Å². The van der Waals surface area contributed by atoms with Crippen molar-refractivity contribution in [2.75, 3.05) is 41.3 Å². The van der Waals surface area contributed by atoms with E-state index in [9.17, 15) is 15.3 Å². The molecule has 2 aliphatic rings. The average molecular weight is 669 g/mol. The van der Waals surface area contributed by atoms with E-state index in [4.69, 9.17) is 0 Å². The first-order valence-corrected chi connectivity index (χ1v) is 14.6. The second-order valence-corrected chi connectivity index (χ2v) is 12.5. The Morgan fingerprint density at radius 1 is 0.625 bits per heavy atom. The van der Waals surface area contributed by atoms with E-state index in [1.165, 1.54) is 24.0 Å². The van der Waals surface area contributed by atoms with E-state index in [0.29, 0.717) is 0 Å². The van der Waals surface area contributed by atoms with Crippen LogP contribution in [0.25, 0.3) is 0 Å². The Morgan fingerprint density at radius 2 is 0.950 bits per heavy atom. The van der Waals surface area contributed by atoms with Crippen LogP contribution in [0.15, 0.2) is 48.5 Å². The van der Waals surface area contributed by atoms with Gasteiger partial charge in [-0.05, 0) is 84.1 Å². The van der Waals surface area contributed by atoms with Gasteiger partial charge in [0.1, 0.15) is 5.75 Å². The van der Waals surface area contributed by atoms with Crippen molar-refractivity contribution in [1.29, 1.82) is 0 Å². The van der Waals surface area contributed by atoms with E-state index >= 15 is 0 Å². The molecule has 4 rings (SSSR count). The molecule has 2 saturated carbocycles. The molecule has 2 unspecified atom stereocenters. The molecule has 0 saturated heterocycles. The second kappa shape index (κ2) is 17.1. The number of benzene rings is 2. The highest BCUT2D eigenvalue weighted by Crippen LogP contribution is 2.41. The van der Waals surface area contributed by atoms with Gasteiger partial charge < -0.3 is 25.1 Å². The predicted octanol–water partition coefficient (Wildman–Crippen LogP) is 7.32. The van der Waals surface area contributed by atoms with Gasteiger partial charge in [-0.3, -0.25) is 0 Å². The van der Waals surface area contributed by atoms with E-state index in [2.05, 4.69) is 55.1 Å². The van der Waals surface area contributed by atoms with E-state index in [-0.39, 0.29) is 49.0 Å². The van der Waals surface area contributed by atoms with Crippen LogP contribution in [-0.2, 0) is 0 Å². The van der Waals surface area contributed by atoms with Gasteiger partial charge >= 0.3 is 0 Å². The van der Waals surface area contributed by atoms with Crippen molar-refractivity contribution < 1.29 is 15.3 Å². The van der Waals surface area contributed by atoms with Gasteiger partial charge in [0.2, 0.25) is 0 Å². The van der Waals surface area contributed by atoms with Crippen molar-refractivity contribution in [1.82, 2.24) is 9.80 Å². The number of aliphatic hydroxyl groups is 2. The van der Waals surface area contributed by atoms with Gasteiger partial charge in [0.15, 0.2) is 0 Å². The molecule has 40 heavy (non-hydrogen) atoms. The van der Waals surface area contributed by atoms with Crippen LogP contribution in [0, 0.1) is 6.92 Å². The fourth-order valence-electron chi connectivity index (χ4n) is 6.43. The molecule has 2 aliphatic carbocycles. The lowest BCUT2D eigenvalue weighted by Crippen LogP contribution is -2.42. The lowest BCUT2D eigenvalue weighted by Gasteiger charge is -2.40. The third kappa shape index (κ3) is 10.6. The topological polar surface area (TPSA) is 67.2 Å². The SMILES string of the molecule is C.CN(C)CC(c1ccc(O)cc1)C1(O)CCCCC1.Cc1ccc(C(CN(C)C)C2(O)CCCCC2)cc1.I. The number of halogens is 1. The van der Waals surface area contributed by atoms with Crippen LogP contribution in [0.5, 0.6) is 5.75 Å². The summed E-state index contributed by atoms with van der Waals surface area (Å²) in [7, 11) is 8.26. The molecule has 0 heterocycles. The fourth-order valence-corrected chi connectivity index (χ4v) is 6.43. The largest absolute Gasteiger partial charge is 0.508 e. The third-order valence-corrected chi connectivity index (χ3v) is 8.61. The Morgan fingerprint density at radius 3 is 1.27 bits per heavy atom. The maximum absolute atomic E-state index is 11.1. The Bertz CT molecular complexity index is 871. The minimum absolute atomic E-state index is 0. The molecule has 5 nitrogen and oxygen atoms in total. The Hall–Kier alpha value is -1.19. The number of likely N-dealkylation sites (N-methyl/N-ethyl adjacent to an activating group) is 2. The summed E-state index contributed by atoms with van der Waals surface area (Å²) in [5.74, 6) is 0.620. The Balaban J connectivity index is 0.000000381. The van der Waals surface area contributed by atoms with Gasteiger partial charge in [0, 0.05) is 24.9 Å². The zero-order valence-corrected chi connectivity index (χ0v) is 27.2. The third-order valence-electron chi connectivity index (χ3n) is 8.61. The highest BCUT2D eigenvalue weighted by atomic mass is 127. The Kier molecular flexibility index (Phi) is 15.7. The molecule has 2 fully saturated rings. The van der Waals surface area contributed by atoms with Crippen LogP contribution < -0.4 is 0 Å². The summed E-state index contributed by atoms with van der Waals surface area (Å²) >= 11 is 0. The van der Waals surface area contributed by atoms with Gasteiger partial charge in [-0.1, -0.05) is 87.9 Å². The number of phenols is 1. The number of rotatable bonds is 8. The van der Waals surface area contributed by atoms with E-state index in [1.807, 2.05) is 26.2 Å². The van der Waals surface area contributed by atoms with Crippen LogP contribution in [-0.4, -0.2) is 77.6 Å². The number of aryl methyl sites for hydroxylation is 1. The molecule has 2 aromatic carbocycles. The molecule has 0 aromatic heterocycles. The maximum Gasteiger partial charge on any atom is 0.115 e. The number of hydrogen-bond acceptors (Lipinski definition) is 5. The summed E-state index contributed by atoms with van der Waals surface area (Å²) in [6, 6.07) is 16.0. The van der Waals surface area contributed by atoms with E-state index in [0.717, 1.165) is 70.0 Å². The summed E-state index contributed by atoms with van der Waals surface area (Å²) in [6.07, 6.45) is 10.7. The lowest BCUT2D eigenvalue weighted by atomic mass is 9.72. The number of nitrogens with zero attached hydrogens (tertiary/aromatic N) is 2. The predicted molar refractivity (Wildman–Crippen MR) is 180 cm³/mol. The summed E-state index contributed by atoms with van der Waals surface area (Å²) in [4.78, 5) is 4.32. The first kappa shape index (κ1) is 36.8. The van der Waals surface area contributed by atoms with Crippen LogP contribution in [0.2, 0.25) is 0 Å². The minimum Gasteiger partial charge on any atom is -0.508 e. The highest BCUT2D eigenvalue weighted by Gasteiger charge is 2.39. The molecule has 6 heteroatoms. The number of aromatic hydroxyl groups is 1. The molecule has 0 amide bonds. The average Bonchev–Trinajstić information content (AvgIpc) is 2.88. The van der Waals surface area contributed by atoms with Crippen molar-refractivity contribution in [3.63, 3.8) is 0 Å². The van der Waals surface area contributed by atoms with Gasteiger partial charge in [0.25, 0.3) is 0 Å². The van der Waals surface area contributed by atoms with Crippen molar-refractivity contribution in [2.24, 2.45) is 0 Å². The van der Waals surface area contributed by atoms with Crippen molar-refractivity contribution >= 4 is 24.0 Å². The minimum atomic E-state index is -0.598. The summed E-state index contributed by atoms with van der Waals surface area (Å²) < 4.78 is 0. The molecule has 2 aromatic rings. The van der Waals surface area contributed by atoms with E-state index in [1.54, 1.807) is 12.1 Å². The first-order valence-electron chi connectivity index (χ1n) is 14.6. The smallest absolute Gasteiger partial charge is 0.115 e. The molecule has 228 valence electrons. The van der Waals surface area contributed by atoms with Gasteiger partial charge in [-0.15, -0.1) is 24.0 Å². The molecular weight excluding hydrogens is 611 g/mol. The lowest BCUT2D eigenvalue weighted by molar-refractivity contribution is -0.0280. The van der Waals surface area contributed by atoms with Crippen LogP contribution in [0.4, 0.5) is 0 Å². The van der Waals surface area contributed by atoms with Crippen molar-refractivity contribution in [3.8, 4) is 5.75 Å². The summed E-state index contributed by atoms with van der Waals surface area (Å²) in [5, 5.41) is 31.5. The second-order valence-electron chi connectivity index (χ2n) is 12.5. The fraction of sp³-hybridized carbons (Fsp3) is 0.647. The standard InChI is InChI=1S/C17H27NO.C16H25NO2.CH4.HI/c1-14-7-9-15(10-8-14)16(13-18(2)3)17(19)11-5-4-6-12-17;1-17(2)12-15(13-6-8-14(18)9-7-13)16(19)10-4-3-5-11-16;;/h7-10,16,19H,4-6,11-13H2,1-3H3;6-9,15,18-19H,3-5,10-12H2,1-2H3;1H4;1H. The van der Waals surface area contributed by atoms with Gasteiger partial charge in [0.05, 0.1) is 11.2 Å². The molecule has 0 spiro atoms. The molecule has 2 atom stereocenters. The molecular formula is C34H57IN2O3. The van der Waals surface area contributed by atoms with Crippen molar-refractivity contribution in [3.05, 3.63) is 65.2 Å². The number of phenolic OH excluding ortho intramolecular Hbond substituents is 1. The summed E-state index contributed by atoms with van der Waals surface area (Å²) in [6.45, 7) is 3.86. The number of hydrogen-bond donors (Lipinski definition) is 3. The molecule has 0 radical (unpaired) electrons. The Labute approximate surface area is 262 Å². The van der Waals surface area contributed by atoms with Crippen LogP contribution in [0.3, 0.4) is 0 Å². The van der Waals surface area contributed by atoms with E-state index < -0.39 is 11.2 Å². The quantitative estimate of drug-likeness (QED) is 0.258. The van der Waals surface area contributed by atoms with Crippen molar-refractivity contribution in [2.45, 2.75) is 102 Å². The zero-order chi connectivity index (χ0) is 27.8. The monoisotopic (exact) mass is 668 g/mol. The van der Waals surface area contributed by atoms with Crippen LogP contribution >= 0.6 is 24.0 Å². The molecule has 0 aliphatic heterocycles.